The molecule has 0 aliphatic carbocycles. The molecule has 0 radical (unpaired) electrons. The maximum atomic E-state index is 12.8. The van der Waals surface area contributed by atoms with E-state index in [-0.39, 0.29) is 17.1 Å². The fraction of sp³-hybridized carbons (Fsp3) is 0.143. The van der Waals surface area contributed by atoms with Crippen molar-refractivity contribution in [2.24, 2.45) is 0 Å². The van der Waals surface area contributed by atoms with Crippen molar-refractivity contribution in [1.82, 2.24) is 0 Å². The number of methoxy groups -OCH3 is 1. The van der Waals surface area contributed by atoms with Gasteiger partial charge in [0.25, 0.3) is 20.0 Å². The molecule has 0 atom stereocenters. The van der Waals surface area contributed by atoms with Crippen LogP contribution < -0.4 is 23.7 Å². The van der Waals surface area contributed by atoms with Crippen LogP contribution in [0.25, 0.3) is 0 Å². The van der Waals surface area contributed by atoms with Crippen LogP contribution >= 0.6 is 0 Å². The number of nitrogens with one attached hydrogen (secondary N) is 2. The Bertz CT molecular complexity index is 1490. The summed E-state index contributed by atoms with van der Waals surface area (Å²) in [4.78, 5) is -0.958. The lowest BCUT2D eigenvalue weighted by Crippen LogP contribution is -2.19. The molecule has 3 aromatic rings. The number of anilines is 2. The summed E-state index contributed by atoms with van der Waals surface area (Å²) >= 11 is 0. The standard InChI is InChI=1S/C21H16F6N2O7S2/c1-34-15-6-11-18(28-37(30,31)16-7-2-13(3-8-16)35-20(22,23)24)19(12-15)29-38(32,33)17-9-4-14(5-10-17)36-21(25,26)27/h2-12,28-29H,1H3. The van der Waals surface area contributed by atoms with Gasteiger partial charge in [0, 0.05) is 6.07 Å². The molecule has 0 aromatic heterocycles. The van der Waals surface area contributed by atoms with Crippen molar-refractivity contribution in [2.75, 3.05) is 16.6 Å². The molecule has 0 saturated heterocycles. The Morgan fingerprint density at radius 1 is 0.579 bits per heavy atom. The second-order valence-corrected chi connectivity index (χ2v) is 10.5. The van der Waals surface area contributed by atoms with Crippen LogP contribution in [0.3, 0.4) is 0 Å². The average Bonchev–Trinajstić information content (AvgIpc) is 2.78. The highest BCUT2D eigenvalue weighted by Gasteiger charge is 2.32. The van der Waals surface area contributed by atoms with Crippen LogP contribution in [0.1, 0.15) is 0 Å². The van der Waals surface area contributed by atoms with E-state index in [1.165, 1.54) is 13.2 Å². The van der Waals surface area contributed by atoms with Crippen LogP contribution in [-0.2, 0) is 20.0 Å². The average molecular weight is 586 g/mol. The van der Waals surface area contributed by atoms with Gasteiger partial charge in [-0.1, -0.05) is 0 Å². The molecule has 3 aromatic carbocycles. The quantitative estimate of drug-likeness (QED) is 0.335. The summed E-state index contributed by atoms with van der Waals surface area (Å²) in [5, 5.41) is 0. The van der Waals surface area contributed by atoms with Gasteiger partial charge >= 0.3 is 12.7 Å². The van der Waals surface area contributed by atoms with Gasteiger partial charge in [-0.15, -0.1) is 26.3 Å². The number of sulfonamides is 2. The highest BCUT2D eigenvalue weighted by Crippen LogP contribution is 2.32. The van der Waals surface area contributed by atoms with Gasteiger partial charge in [-0.2, -0.15) is 0 Å². The first-order valence-corrected chi connectivity index (χ1v) is 12.9. The van der Waals surface area contributed by atoms with E-state index in [0.717, 1.165) is 60.7 Å². The van der Waals surface area contributed by atoms with Gasteiger partial charge < -0.3 is 14.2 Å². The van der Waals surface area contributed by atoms with Gasteiger partial charge in [0.15, 0.2) is 0 Å². The summed E-state index contributed by atoms with van der Waals surface area (Å²) in [5.41, 5.74) is -0.636. The van der Waals surface area contributed by atoms with Crippen LogP contribution in [0, 0.1) is 0 Å². The molecule has 17 heteroatoms. The molecule has 0 unspecified atom stereocenters. The van der Waals surface area contributed by atoms with E-state index in [2.05, 4.69) is 18.9 Å². The molecule has 0 spiro atoms. The summed E-state index contributed by atoms with van der Waals surface area (Å²) in [7, 11) is -7.66. The van der Waals surface area contributed by atoms with E-state index in [4.69, 9.17) is 4.74 Å². The number of hydrogen-bond donors (Lipinski definition) is 2. The van der Waals surface area contributed by atoms with E-state index < -0.39 is 54.1 Å². The minimum Gasteiger partial charge on any atom is -0.497 e. The van der Waals surface area contributed by atoms with Crippen LogP contribution in [0.4, 0.5) is 37.7 Å². The van der Waals surface area contributed by atoms with Gasteiger partial charge in [0.1, 0.15) is 17.2 Å². The Balaban J connectivity index is 1.88. The monoisotopic (exact) mass is 586 g/mol. The Labute approximate surface area is 212 Å². The molecule has 0 saturated carbocycles. The third-order valence-electron chi connectivity index (χ3n) is 4.45. The first kappa shape index (κ1) is 28.7. The van der Waals surface area contributed by atoms with E-state index in [1.54, 1.807) is 0 Å². The highest BCUT2D eigenvalue weighted by molar-refractivity contribution is 7.93. The molecule has 0 amide bonds. The van der Waals surface area contributed by atoms with E-state index in [9.17, 15) is 43.2 Å². The van der Waals surface area contributed by atoms with Crippen molar-refractivity contribution < 1.29 is 57.4 Å². The van der Waals surface area contributed by atoms with E-state index >= 15 is 0 Å². The number of ether oxygens (including phenoxy) is 3. The maximum Gasteiger partial charge on any atom is 0.573 e. The predicted octanol–water partition coefficient (Wildman–Crippen LogP) is 5.09. The summed E-state index contributed by atoms with van der Waals surface area (Å²) in [5.74, 6) is -1.23. The predicted molar refractivity (Wildman–Crippen MR) is 121 cm³/mol. The van der Waals surface area contributed by atoms with Crippen molar-refractivity contribution in [3.8, 4) is 17.2 Å². The summed E-state index contributed by atoms with van der Waals surface area (Å²) in [6.45, 7) is 0. The van der Waals surface area contributed by atoms with Crippen LogP contribution in [0.5, 0.6) is 17.2 Å². The van der Waals surface area contributed by atoms with Crippen molar-refractivity contribution in [1.29, 1.82) is 0 Å². The summed E-state index contributed by atoms with van der Waals surface area (Å²) in [6.07, 6.45) is -9.98. The van der Waals surface area contributed by atoms with Crippen molar-refractivity contribution in [2.45, 2.75) is 22.5 Å². The van der Waals surface area contributed by atoms with Gasteiger partial charge in [-0.05, 0) is 60.7 Å². The normalized spacial score (nSPS) is 12.5. The van der Waals surface area contributed by atoms with Crippen LogP contribution in [-0.4, -0.2) is 36.7 Å². The fourth-order valence-electron chi connectivity index (χ4n) is 2.87. The molecule has 38 heavy (non-hydrogen) atoms. The Hall–Kier alpha value is -3.86. The van der Waals surface area contributed by atoms with Crippen molar-refractivity contribution in [3.05, 3.63) is 66.7 Å². The molecular formula is C21H16F6N2O7S2. The molecule has 0 fully saturated rings. The SMILES string of the molecule is COc1ccc(NS(=O)(=O)c2ccc(OC(F)(F)F)cc2)c(NS(=O)(=O)c2ccc(OC(F)(F)F)cc2)c1. The minimum atomic E-state index is -4.99. The Morgan fingerprint density at radius 3 is 1.32 bits per heavy atom. The summed E-state index contributed by atoms with van der Waals surface area (Å²) < 4.78 is 142. The molecule has 0 aliphatic heterocycles. The molecule has 206 valence electrons. The molecular weight excluding hydrogens is 570 g/mol. The summed E-state index contributed by atoms with van der Waals surface area (Å²) in [6, 6.07) is 9.97. The van der Waals surface area contributed by atoms with Crippen LogP contribution in [0.15, 0.2) is 76.5 Å². The first-order chi connectivity index (χ1) is 17.5. The Morgan fingerprint density at radius 2 is 0.947 bits per heavy atom. The molecule has 2 N–H and O–H groups in total. The highest BCUT2D eigenvalue weighted by atomic mass is 32.2. The Kier molecular flexibility index (Phi) is 7.92. The second kappa shape index (κ2) is 10.5. The number of hydrogen-bond acceptors (Lipinski definition) is 7. The third-order valence-corrected chi connectivity index (χ3v) is 7.21. The topological polar surface area (TPSA) is 120 Å². The molecule has 0 bridgehead atoms. The van der Waals surface area contributed by atoms with Crippen LogP contribution in [0.2, 0.25) is 0 Å². The zero-order valence-corrected chi connectivity index (χ0v) is 20.4. The number of halogens is 6. The van der Waals surface area contributed by atoms with Crippen molar-refractivity contribution >= 4 is 31.4 Å². The van der Waals surface area contributed by atoms with Gasteiger partial charge in [-0.3, -0.25) is 9.44 Å². The largest absolute Gasteiger partial charge is 0.573 e. The van der Waals surface area contributed by atoms with Gasteiger partial charge in [-0.25, -0.2) is 16.8 Å². The molecule has 9 nitrogen and oxygen atoms in total. The smallest absolute Gasteiger partial charge is 0.497 e. The lowest BCUT2D eigenvalue weighted by atomic mass is 10.2. The number of rotatable bonds is 9. The zero-order chi connectivity index (χ0) is 28.4. The molecule has 3 rings (SSSR count). The minimum absolute atomic E-state index is 0.105. The lowest BCUT2D eigenvalue weighted by molar-refractivity contribution is -0.275. The first-order valence-electron chi connectivity index (χ1n) is 9.93. The molecule has 0 heterocycles. The second-order valence-electron chi connectivity index (χ2n) is 7.16. The lowest BCUT2D eigenvalue weighted by Gasteiger charge is -2.16. The fourth-order valence-corrected chi connectivity index (χ4v) is 5.02. The van der Waals surface area contributed by atoms with E-state index in [0.29, 0.717) is 0 Å². The van der Waals surface area contributed by atoms with Gasteiger partial charge in [0.2, 0.25) is 0 Å². The van der Waals surface area contributed by atoms with Gasteiger partial charge in [0.05, 0.1) is 28.3 Å². The van der Waals surface area contributed by atoms with Crippen molar-refractivity contribution in [3.63, 3.8) is 0 Å². The van der Waals surface area contributed by atoms with E-state index in [1.807, 2.05) is 0 Å². The maximum absolute atomic E-state index is 12.8. The number of alkyl halides is 6. The third kappa shape index (κ3) is 7.82. The molecule has 0 aliphatic rings. The zero-order valence-electron chi connectivity index (χ0n) is 18.8. The number of benzene rings is 3.